The summed E-state index contributed by atoms with van der Waals surface area (Å²) in [5.74, 6) is 1.29. The maximum absolute atomic E-state index is 11.6. The van der Waals surface area contributed by atoms with E-state index in [0.717, 1.165) is 12.0 Å². The molecule has 0 radical (unpaired) electrons. The van der Waals surface area contributed by atoms with Gasteiger partial charge in [-0.05, 0) is 25.5 Å². The molecule has 2 aromatic heterocycles. The van der Waals surface area contributed by atoms with E-state index in [2.05, 4.69) is 25.3 Å². The molecule has 0 aliphatic carbocycles. The van der Waals surface area contributed by atoms with Crippen molar-refractivity contribution in [2.75, 3.05) is 5.32 Å². The molecule has 6 nitrogen and oxygen atoms in total. The summed E-state index contributed by atoms with van der Waals surface area (Å²) in [5, 5.41) is 2.68. The second-order valence-corrected chi connectivity index (χ2v) is 4.06. The van der Waals surface area contributed by atoms with E-state index in [0.29, 0.717) is 18.1 Å². The van der Waals surface area contributed by atoms with Gasteiger partial charge in [-0.3, -0.25) is 15.1 Å². The summed E-state index contributed by atoms with van der Waals surface area (Å²) in [6, 6.07) is 3.62. The molecule has 0 unspecified atom stereocenters. The number of carbonyl (C=O) groups excluding carboxylic acids is 1. The zero-order chi connectivity index (χ0) is 13.7. The fraction of sp³-hybridized carbons (Fsp3) is 0.308. The maximum Gasteiger partial charge on any atom is 0.233 e. The number of aromatic nitrogens is 4. The molecule has 2 aromatic rings. The molecule has 0 fully saturated rings. The fourth-order valence-corrected chi connectivity index (χ4v) is 1.58. The number of nitrogens with one attached hydrogen (secondary N) is 1. The number of nitrogens with zero attached hydrogens (tertiary/aromatic N) is 4. The smallest absolute Gasteiger partial charge is 0.233 e. The van der Waals surface area contributed by atoms with E-state index in [-0.39, 0.29) is 11.9 Å². The van der Waals surface area contributed by atoms with Crippen molar-refractivity contribution >= 4 is 11.9 Å². The second kappa shape index (κ2) is 5.99. The van der Waals surface area contributed by atoms with E-state index in [1.165, 1.54) is 0 Å². The molecule has 2 rings (SSSR count). The van der Waals surface area contributed by atoms with E-state index in [4.69, 9.17) is 0 Å². The number of aryl methyl sites for hydroxylation is 1. The summed E-state index contributed by atoms with van der Waals surface area (Å²) in [7, 11) is 0. The normalized spacial score (nSPS) is 10.2. The molecule has 0 spiro atoms. The molecule has 0 atom stereocenters. The fourth-order valence-electron chi connectivity index (χ4n) is 1.58. The van der Waals surface area contributed by atoms with E-state index < -0.39 is 0 Å². The van der Waals surface area contributed by atoms with Crippen LogP contribution in [0.1, 0.15) is 25.6 Å². The highest BCUT2D eigenvalue weighted by atomic mass is 16.1. The predicted octanol–water partition coefficient (Wildman–Crippen LogP) is 1.98. The van der Waals surface area contributed by atoms with Crippen LogP contribution in [0.3, 0.4) is 0 Å². The Morgan fingerprint density at radius 2 is 1.95 bits per heavy atom. The highest BCUT2D eigenvalue weighted by Gasteiger charge is 2.08. The van der Waals surface area contributed by atoms with Crippen LogP contribution in [0.5, 0.6) is 0 Å². The molecular weight excluding hydrogens is 242 g/mol. The molecule has 1 amide bonds. The van der Waals surface area contributed by atoms with Crippen LogP contribution >= 0.6 is 0 Å². The lowest BCUT2D eigenvalue weighted by Gasteiger charge is -2.06. The van der Waals surface area contributed by atoms with Crippen molar-refractivity contribution in [2.45, 2.75) is 26.7 Å². The van der Waals surface area contributed by atoms with Crippen molar-refractivity contribution in [2.24, 2.45) is 0 Å². The van der Waals surface area contributed by atoms with Crippen molar-refractivity contribution < 1.29 is 4.79 Å². The van der Waals surface area contributed by atoms with Gasteiger partial charge in [-0.1, -0.05) is 6.92 Å². The molecule has 0 aliphatic heterocycles. The Bertz CT molecular complexity index is 571. The highest BCUT2D eigenvalue weighted by Crippen LogP contribution is 2.14. The first-order chi connectivity index (χ1) is 9.19. The van der Waals surface area contributed by atoms with E-state index in [1.807, 2.05) is 19.1 Å². The predicted molar refractivity (Wildman–Crippen MR) is 71.3 cm³/mol. The third-order valence-electron chi connectivity index (χ3n) is 2.41. The van der Waals surface area contributed by atoms with Gasteiger partial charge in [-0.2, -0.15) is 9.97 Å². The van der Waals surface area contributed by atoms with Gasteiger partial charge in [0.1, 0.15) is 5.82 Å². The van der Waals surface area contributed by atoms with E-state index in [9.17, 15) is 4.79 Å². The van der Waals surface area contributed by atoms with Gasteiger partial charge in [0, 0.05) is 24.4 Å². The van der Waals surface area contributed by atoms with Gasteiger partial charge in [-0.15, -0.1) is 0 Å². The van der Waals surface area contributed by atoms with Crippen LogP contribution in [0.25, 0.3) is 11.4 Å². The average molecular weight is 257 g/mol. The van der Waals surface area contributed by atoms with E-state index in [1.54, 1.807) is 19.3 Å². The van der Waals surface area contributed by atoms with Crippen molar-refractivity contribution in [1.29, 1.82) is 0 Å². The number of hydrogen-bond donors (Lipinski definition) is 1. The van der Waals surface area contributed by atoms with Crippen LogP contribution in [0.2, 0.25) is 0 Å². The molecule has 0 aromatic carbocycles. The average Bonchev–Trinajstić information content (AvgIpc) is 2.39. The zero-order valence-electron chi connectivity index (χ0n) is 10.9. The minimum atomic E-state index is -0.0891. The van der Waals surface area contributed by atoms with Crippen molar-refractivity contribution in [3.8, 4) is 11.4 Å². The van der Waals surface area contributed by atoms with Crippen LogP contribution in [-0.4, -0.2) is 25.8 Å². The van der Waals surface area contributed by atoms with Gasteiger partial charge >= 0.3 is 0 Å². The molecule has 98 valence electrons. The van der Waals surface area contributed by atoms with Gasteiger partial charge in [0.2, 0.25) is 11.9 Å². The van der Waals surface area contributed by atoms with Gasteiger partial charge in [0.25, 0.3) is 0 Å². The first kappa shape index (κ1) is 13.1. The minimum absolute atomic E-state index is 0.0891. The summed E-state index contributed by atoms with van der Waals surface area (Å²) in [4.78, 5) is 28.1. The standard InChI is InChI=1S/C13H15N5O/c1-3-4-11(19)17-13-16-9(2)15-12(18-13)10-5-7-14-8-6-10/h5-8H,3-4H2,1-2H3,(H,15,16,17,18,19). The van der Waals surface area contributed by atoms with Gasteiger partial charge in [0.05, 0.1) is 0 Å². The highest BCUT2D eigenvalue weighted by molar-refractivity contribution is 5.88. The van der Waals surface area contributed by atoms with Crippen molar-refractivity contribution in [1.82, 2.24) is 19.9 Å². The number of amides is 1. The monoisotopic (exact) mass is 257 g/mol. The number of carbonyl (C=O) groups is 1. The molecule has 2 heterocycles. The molecule has 0 saturated heterocycles. The SMILES string of the molecule is CCCC(=O)Nc1nc(C)nc(-c2ccncc2)n1. The van der Waals surface area contributed by atoms with Gasteiger partial charge in [0.15, 0.2) is 5.82 Å². The summed E-state index contributed by atoms with van der Waals surface area (Å²) in [6.45, 7) is 3.71. The molecule has 0 saturated carbocycles. The Kier molecular flexibility index (Phi) is 4.12. The Morgan fingerprint density at radius 1 is 1.21 bits per heavy atom. The van der Waals surface area contributed by atoms with Crippen LogP contribution in [0, 0.1) is 6.92 Å². The van der Waals surface area contributed by atoms with Crippen LogP contribution in [0.15, 0.2) is 24.5 Å². The number of anilines is 1. The van der Waals surface area contributed by atoms with Gasteiger partial charge in [-0.25, -0.2) is 4.98 Å². The van der Waals surface area contributed by atoms with Crippen LogP contribution < -0.4 is 5.32 Å². The second-order valence-electron chi connectivity index (χ2n) is 4.06. The lowest BCUT2D eigenvalue weighted by molar-refractivity contribution is -0.116. The minimum Gasteiger partial charge on any atom is -0.294 e. The maximum atomic E-state index is 11.6. The van der Waals surface area contributed by atoms with E-state index >= 15 is 0 Å². The number of pyridine rings is 1. The Labute approximate surface area is 111 Å². The third kappa shape index (κ3) is 3.54. The van der Waals surface area contributed by atoms with Crippen molar-refractivity contribution in [3.63, 3.8) is 0 Å². The lowest BCUT2D eigenvalue weighted by atomic mass is 10.2. The molecule has 19 heavy (non-hydrogen) atoms. The summed E-state index contributed by atoms with van der Waals surface area (Å²) in [6.07, 6.45) is 4.58. The van der Waals surface area contributed by atoms with Crippen LogP contribution in [0.4, 0.5) is 5.95 Å². The largest absolute Gasteiger partial charge is 0.294 e. The lowest BCUT2D eigenvalue weighted by Crippen LogP contribution is -2.14. The topological polar surface area (TPSA) is 80.7 Å². The molecule has 6 heteroatoms. The molecule has 0 aliphatic rings. The summed E-state index contributed by atoms with van der Waals surface area (Å²) < 4.78 is 0. The summed E-state index contributed by atoms with van der Waals surface area (Å²) in [5.41, 5.74) is 0.839. The van der Waals surface area contributed by atoms with Gasteiger partial charge < -0.3 is 0 Å². The van der Waals surface area contributed by atoms with Crippen LogP contribution in [-0.2, 0) is 4.79 Å². The first-order valence-electron chi connectivity index (χ1n) is 6.12. The Hall–Kier alpha value is -2.37. The number of rotatable bonds is 4. The number of hydrogen-bond acceptors (Lipinski definition) is 5. The summed E-state index contributed by atoms with van der Waals surface area (Å²) >= 11 is 0. The van der Waals surface area contributed by atoms with Crippen molar-refractivity contribution in [3.05, 3.63) is 30.4 Å². The Morgan fingerprint density at radius 3 is 2.63 bits per heavy atom. The molecule has 0 bridgehead atoms. The molecule has 1 N–H and O–H groups in total. The first-order valence-corrected chi connectivity index (χ1v) is 6.12. The molecular formula is C13H15N5O. The quantitative estimate of drug-likeness (QED) is 0.905. The Balaban J connectivity index is 2.27. The third-order valence-corrected chi connectivity index (χ3v) is 2.41. The zero-order valence-corrected chi connectivity index (χ0v) is 10.9.